The fourth-order valence-electron chi connectivity index (χ4n) is 3.15. The number of anilines is 1. The molecule has 0 radical (unpaired) electrons. The molecule has 0 bridgehead atoms. The van der Waals surface area contributed by atoms with Gasteiger partial charge >= 0.3 is 5.97 Å². The number of esters is 1. The van der Waals surface area contributed by atoms with E-state index in [4.69, 9.17) is 14.2 Å². The lowest BCUT2D eigenvalue weighted by Gasteiger charge is -2.14. The highest BCUT2D eigenvalue weighted by molar-refractivity contribution is 5.92. The van der Waals surface area contributed by atoms with E-state index < -0.39 is 18.5 Å². The van der Waals surface area contributed by atoms with E-state index in [-0.39, 0.29) is 24.8 Å². The van der Waals surface area contributed by atoms with Crippen LogP contribution in [0.25, 0.3) is 0 Å². The van der Waals surface area contributed by atoms with Gasteiger partial charge in [-0.1, -0.05) is 30.3 Å². The number of carbonyl (C=O) groups is 3. The molecule has 35 heavy (non-hydrogen) atoms. The number of hydrogen-bond acceptors (Lipinski definition) is 6. The minimum atomic E-state index is -0.620. The third-order valence-corrected chi connectivity index (χ3v) is 5.03. The van der Waals surface area contributed by atoms with Crippen molar-refractivity contribution in [3.63, 3.8) is 0 Å². The first-order valence-corrected chi connectivity index (χ1v) is 11.1. The predicted octanol–water partition coefficient (Wildman–Crippen LogP) is 4.63. The van der Waals surface area contributed by atoms with Gasteiger partial charge in [-0.15, -0.1) is 0 Å². The van der Waals surface area contributed by atoms with Crippen LogP contribution < -0.4 is 20.1 Å². The van der Waals surface area contributed by atoms with Crippen molar-refractivity contribution in [2.24, 2.45) is 0 Å². The smallest absolute Gasteiger partial charge is 0.306 e. The molecule has 0 aromatic heterocycles. The maximum absolute atomic E-state index is 12.2. The molecule has 0 aliphatic heterocycles. The molecular weight excluding hydrogens is 448 g/mol. The zero-order valence-corrected chi connectivity index (χ0v) is 19.7. The van der Waals surface area contributed by atoms with Crippen molar-refractivity contribution in [3.05, 3.63) is 84.4 Å². The van der Waals surface area contributed by atoms with Gasteiger partial charge in [0.1, 0.15) is 17.2 Å². The molecular formula is C27H28N2O6. The predicted molar refractivity (Wildman–Crippen MR) is 131 cm³/mol. The molecule has 3 aromatic rings. The average Bonchev–Trinajstić information content (AvgIpc) is 2.88. The third-order valence-electron chi connectivity index (χ3n) is 5.03. The van der Waals surface area contributed by atoms with E-state index in [1.165, 1.54) is 0 Å². The number of hydrogen-bond donors (Lipinski definition) is 2. The van der Waals surface area contributed by atoms with Crippen LogP contribution in [-0.2, 0) is 19.1 Å². The van der Waals surface area contributed by atoms with Gasteiger partial charge < -0.3 is 24.8 Å². The molecule has 3 aromatic carbocycles. The summed E-state index contributed by atoms with van der Waals surface area (Å²) in [4.78, 5) is 36.1. The van der Waals surface area contributed by atoms with Crippen LogP contribution in [0.5, 0.6) is 17.2 Å². The van der Waals surface area contributed by atoms with Crippen molar-refractivity contribution in [1.29, 1.82) is 0 Å². The lowest BCUT2D eigenvalue weighted by molar-refractivity contribution is -0.149. The molecule has 3 rings (SSSR count). The summed E-state index contributed by atoms with van der Waals surface area (Å²) >= 11 is 0. The van der Waals surface area contributed by atoms with Gasteiger partial charge in [0, 0.05) is 12.1 Å². The molecule has 8 heteroatoms. The molecule has 0 aliphatic carbocycles. The summed E-state index contributed by atoms with van der Waals surface area (Å²) < 4.78 is 15.8. The van der Waals surface area contributed by atoms with Gasteiger partial charge in [0.05, 0.1) is 19.6 Å². The van der Waals surface area contributed by atoms with Crippen molar-refractivity contribution >= 4 is 23.5 Å². The van der Waals surface area contributed by atoms with Crippen molar-refractivity contribution in [1.82, 2.24) is 5.32 Å². The van der Waals surface area contributed by atoms with Gasteiger partial charge in [0.2, 0.25) is 5.91 Å². The van der Waals surface area contributed by atoms with Gasteiger partial charge in [0.25, 0.3) is 5.91 Å². The van der Waals surface area contributed by atoms with Crippen molar-refractivity contribution < 1.29 is 28.6 Å². The Morgan fingerprint density at radius 1 is 0.771 bits per heavy atom. The zero-order chi connectivity index (χ0) is 25.0. The molecule has 2 amide bonds. The van der Waals surface area contributed by atoms with Crippen LogP contribution in [0.15, 0.2) is 78.9 Å². The summed E-state index contributed by atoms with van der Waals surface area (Å²) in [5.41, 5.74) is 1.52. The molecule has 0 saturated heterocycles. The molecule has 1 atom stereocenters. The van der Waals surface area contributed by atoms with Crippen molar-refractivity contribution in [3.8, 4) is 17.2 Å². The highest BCUT2D eigenvalue weighted by Crippen LogP contribution is 2.25. The molecule has 0 aliphatic rings. The second-order valence-electron chi connectivity index (χ2n) is 7.71. The fraction of sp³-hybridized carbons (Fsp3) is 0.222. The van der Waals surface area contributed by atoms with Gasteiger partial charge in [-0.05, 0) is 61.0 Å². The molecule has 8 nitrogen and oxygen atoms in total. The Balaban J connectivity index is 1.35. The Hall–Kier alpha value is -4.33. The Labute approximate surface area is 204 Å². The van der Waals surface area contributed by atoms with E-state index in [0.29, 0.717) is 17.2 Å². The summed E-state index contributed by atoms with van der Waals surface area (Å²) in [6, 6.07) is 23.3. The van der Waals surface area contributed by atoms with Gasteiger partial charge in [-0.3, -0.25) is 14.4 Å². The lowest BCUT2D eigenvalue weighted by Crippen LogP contribution is -2.31. The largest absolute Gasteiger partial charge is 0.497 e. The van der Waals surface area contributed by atoms with E-state index in [1.807, 2.05) is 37.3 Å². The molecule has 0 saturated carbocycles. The second kappa shape index (κ2) is 12.8. The van der Waals surface area contributed by atoms with E-state index in [2.05, 4.69) is 10.6 Å². The fourth-order valence-corrected chi connectivity index (χ4v) is 3.15. The maximum atomic E-state index is 12.2. The third kappa shape index (κ3) is 8.51. The van der Waals surface area contributed by atoms with E-state index >= 15 is 0 Å². The van der Waals surface area contributed by atoms with Crippen LogP contribution in [0.3, 0.4) is 0 Å². The van der Waals surface area contributed by atoms with Crippen LogP contribution in [0.4, 0.5) is 5.69 Å². The molecule has 0 heterocycles. The quantitative estimate of drug-likeness (QED) is 0.391. The number of carbonyl (C=O) groups excluding carboxylic acids is 3. The Morgan fingerprint density at radius 3 is 2.00 bits per heavy atom. The molecule has 2 N–H and O–H groups in total. The normalized spacial score (nSPS) is 11.1. The van der Waals surface area contributed by atoms with Gasteiger partial charge in [-0.2, -0.15) is 0 Å². The lowest BCUT2D eigenvalue weighted by atomic mass is 10.1. The van der Waals surface area contributed by atoms with Crippen LogP contribution in [-0.4, -0.2) is 31.5 Å². The van der Waals surface area contributed by atoms with Crippen LogP contribution in [0.2, 0.25) is 0 Å². The second-order valence-corrected chi connectivity index (χ2v) is 7.71. The SMILES string of the molecule is COc1ccc(Oc2ccc(NC(=O)CCC(=O)OCC(=O)N[C@@H](C)c3ccccc3)cc2)cc1. The van der Waals surface area contributed by atoms with Crippen LogP contribution in [0, 0.1) is 0 Å². The summed E-state index contributed by atoms with van der Waals surface area (Å²) in [5.74, 6) is 0.635. The Kier molecular flexibility index (Phi) is 9.24. The van der Waals surface area contributed by atoms with Gasteiger partial charge in [-0.25, -0.2) is 0 Å². The number of benzene rings is 3. The van der Waals surface area contributed by atoms with Crippen LogP contribution in [0.1, 0.15) is 31.4 Å². The first-order chi connectivity index (χ1) is 16.9. The highest BCUT2D eigenvalue weighted by atomic mass is 16.5. The number of amides is 2. The standard InChI is InChI=1S/C27H28N2O6/c1-19(20-6-4-3-5-7-20)28-26(31)18-34-27(32)17-16-25(30)29-21-8-10-23(11-9-21)35-24-14-12-22(33-2)13-15-24/h3-15,19H,16-18H2,1-2H3,(H,28,31)(H,29,30)/t19-/m0/s1. The minimum Gasteiger partial charge on any atom is -0.497 e. The summed E-state index contributed by atoms with van der Waals surface area (Å²) in [5, 5.41) is 5.48. The molecule has 182 valence electrons. The Morgan fingerprint density at radius 2 is 1.37 bits per heavy atom. The number of ether oxygens (including phenoxy) is 3. The van der Waals surface area contributed by atoms with Crippen molar-refractivity contribution in [2.75, 3.05) is 19.0 Å². The highest BCUT2D eigenvalue weighted by Gasteiger charge is 2.13. The molecule has 0 spiro atoms. The van der Waals surface area contributed by atoms with E-state index in [9.17, 15) is 14.4 Å². The summed E-state index contributed by atoms with van der Waals surface area (Å²) in [6.07, 6.45) is -0.197. The summed E-state index contributed by atoms with van der Waals surface area (Å²) in [6.45, 7) is 1.45. The number of methoxy groups -OCH3 is 1. The van der Waals surface area contributed by atoms with Crippen LogP contribution >= 0.6 is 0 Å². The summed E-state index contributed by atoms with van der Waals surface area (Å²) in [7, 11) is 1.60. The topological polar surface area (TPSA) is 103 Å². The van der Waals surface area contributed by atoms with E-state index in [0.717, 1.165) is 11.3 Å². The van der Waals surface area contributed by atoms with E-state index in [1.54, 1.807) is 55.6 Å². The minimum absolute atomic E-state index is 0.0645. The maximum Gasteiger partial charge on any atom is 0.306 e. The number of rotatable bonds is 11. The first-order valence-electron chi connectivity index (χ1n) is 11.1. The monoisotopic (exact) mass is 476 g/mol. The zero-order valence-electron chi connectivity index (χ0n) is 19.7. The molecule has 0 unspecified atom stereocenters. The molecule has 0 fully saturated rings. The Bertz CT molecular complexity index is 1110. The average molecular weight is 477 g/mol. The number of nitrogens with one attached hydrogen (secondary N) is 2. The van der Waals surface area contributed by atoms with Gasteiger partial charge in [0.15, 0.2) is 6.61 Å². The first kappa shape index (κ1) is 25.3. The van der Waals surface area contributed by atoms with Crippen molar-refractivity contribution in [2.45, 2.75) is 25.8 Å².